The van der Waals surface area contributed by atoms with Gasteiger partial charge in [0.2, 0.25) is 0 Å². The van der Waals surface area contributed by atoms with Gasteiger partial charge in [-0.05, 0) is 23.6 Å². The third kappa shape index (κ3) is 3.11. The van der Waals surface area contributed by atoms with Crippen LogP contribution in [0.25, 0.3) is 0 Å². The molecule has 0 spiro atoms. The Morgan fingerprint density at radius 1 is 1.29 bits per heavy atom. The molecule has 0 radical (unpaired) electrons. The summed E-state index contributed by atoms with van der Waals surface area (Å²) in [6.07, 6.45) is 2.96. The fraction of sp³-hybridized carbons (Fsp3) is 0. The monoisotopic (exact) mass is 267 g/mol. The molecular formula is C10H9N3O2S2. The molecule has 0 bridgehead atoms. The van der Waals surface area contributed by atoms with Crippen molar-refractivity contribution in [1.29, 1.82) is 0 Å². The number of pyridine rings is 1. The zero-order valence-electron chi connectivity index (χ0n) is 8.65. The Kier molecular flexibility index (Phi) is 3.50. The molecule has 0 amide bonds. The molecule has 0 fully saturated rings. The number of hydrogen-bond acceptors (Lipinski definition) is 5. The fourth-order valence-corrected chi connectivity index (χ4v) is 2.85. The maximum Gasteiger partial charge on any atom is 0.286 e. The Morgan fingerprint density at radius 3 is 2.82 bits per heavy atom. The number of hydrazone groups is 1. The van der Waals surface area contributed by atoms with Crippen LogP contribution < -0.4 is 4.83 Å². The number of thiophene rings is 1. The van der Waals surface area contributed by atoms with Gasteiger partial charge in [0.1, 0.15) is 4.21 Å². The van der Waals surface area contributed by atoms with Gasteiger partial charge in [-0.25, -0.2) is 0 Å². The molecule has 2 aromatic heterocycles. The first-order valence-electron chi connectivity index (χ1n) is 4.68. The van der Waals surface area contributed by atoms with Gasteiger partial charge >= 0.3 is 0 Å². The maximum atomic E-state index is 11.6. The minimum Gasteiger partial charge on any atom is -0.255 e. The van der Waals surface area contributed by atoms with Crippen molar-refractivity contribution in [3.05, 3.63) is 47.6 Å². The molecule has 17 heavy (non-hydrogen) atoms. The first kappa shape index (κ1) is 11.7. The summed E-state index contributed by atoms with van der Waals surface area (Å²) in [5, 5.41) is 5.34. The van der Waals surface area contributed by atoms with E-state index in [-0.39, 0.29) is 4.21 Å². The van der Waals surface area contributed by atoms with E-state index >= 15 is 0 Å². The summed E-state index contributed by atoms with van der Waals surface area (Å²) in [6.45, 7) is 0. The molecule has 0 aliphatic carbocycles. The maximum absolute atomic E-state index is 11.6. The van der Waals surface area contributed by atoms with Crippen LogP contribution in [-0.4, -0.2) is 19.6 Å². The quantitative estimate of drug-likeness (QED) is 0.673. The molecule has 0 aliphatic heterocycles. The van der Waals surface area contributed by atoms with Gasteiger partial charge in [0.15, 0.2) is 0 Å². The van der Waals surface area contributed by atoms with Gasteiger partial charge in [0, 0.05) is 6.20 Å². The molecule has 2 heterocycles. The van der Waals surface area contributed by atoms with E-state index < -0.39 is 10.0 Å². The van der Waals surface area contributed by atoms with E-state index in [4.69, 9.17) is 0 Å². The van der Waals surface area contributed by atoms with Gasteiger partial charge in [0.25, 0.3) is 10.0 Å². The van der Waals surface area contributed by atoms with Gasteiger partial charge in [-0.15, -0.1) is 11.3 Å². The van der Waals surface area contributed by atoms with Crippen molar-refractivity contribution in [2.24, 2.45) is 5.10 Å². The number of nitrogens with zero attached hydrogens (tertiary/aromatic N) is 2. The molecule has 5 nitrogen and oxygen atoms in total. The second-order valence-electron chi connectivity index (χ2n) is 3.04. The van der Waals surface area contributed by atoms with Crippen LogP contribution in [0.4, 0.5) is 0 Å². The van der Waals surface area contributed by atoms with Crippen molar-refractivity contribution in [2.45, 2.75) is 4.21 Å². The highest BCUT2D eigenvalue weighted by atomic mass is 32.2. The van der Waals surface area contributed by atoms with Crippen molar-refractivity contribution in [3.63, 3.8) is 0 Å². The van der Waals surface area contributed by atoms with Crippen molar-refractivity contribution >= 4 is 27.6 Å². The van der Waals surface area contributed by atoms with Crippen LogP contribution in [0.5, 0.6) is 0 Å². The van der Waals surface area contributed by atoms with Crippen LogP contribution >= 0.6 is 11.3 Å². The lowest BCUT2D eigenvalue weighted by Gasteiger charge is -1.98. The first-order valence-corrected chi connectivity index (χ1v) is 7.04. The molecule has 2 rings (SSSR count). The van der Waals surface area contributed by atoms with Gasteiger partial charge in [-0.1, -0.05) is 12.1 Å². The fourth-order valence-electron chi connectivity index (χ4n) is 1.08. The van der Waals surface area contributed by atoms with E-state index in [0.29, 0.717) is 5.69 Å². The number of sulfonamides is 1. The highest BCUT2D eigenvalue weighted by Crippen LogP contribution is 2.14. The number of hydrogen-bond donors (Lipinski definition) is 1. The average molecular weight is 267 g/mol. The average Bonchev–Trinajstić information content (AvgIpc) is 2.84. The zero-order chi connectivity index (χ0) is 12.1. The molecule has 0 aliphatic rings. The van der Waals surface area contributed by atoms with E-state index in [1.807, 2.05) is 0 Å². The summed E-state index contributed by atoms with van der Waals surface area (Å²) in [7, 11) is -3.54. The van der Waals surface area contributed by atoms with Crippen molar-refractivity contribution in [1.82, 2.24) is 9.82 Å². The van der Waals surface area contributed by atoms with Crippen LogP contribution in [0.1, 0.15) is 5.69 Å². The third-order valence-electron chi connectivity index (χ3n) is 1.82. The van der Waals surface area contributed by atoms with E-state index in [1.165, 1.54) is 12.3 Å². The molecule has 2 aromatic rings. The summed E-state index contributed by atoms with van der Waals surface area (Å²) in [4.78, 5) is 6.10. The van der Waals surface area contributed by atoms with Crippen LogP contribution in [0, 0.1) is 0 Å². The standard InChI is InChI=1S/C10H9N3O2S2/c14-17(15,10-5-3-7-16-10)13-12-8-9-4-1-2-6-11-9/h1-8,13H/b12-8+. The molecule has 0 unspecified atom stereocenters. The third-order valence-corrected chi connectivity index (χ3v) is 4.44. The molecule has 0 saturated carbocycles. The van der Waals surface area contributed by atoms with Crippen LogP contribution in [0.15, 0.2) is 51.2 Å². The van der Waals surface area contributed by atoms with Gasteiger partial charge in [-0.2, -0.15) is 18.4 Å². The van der Waals surface area contributed by atoms with Crippen LogP contribution in [0.3, 0.4) is 0 Å². The second-order valence-corrected chi connectivity index (χ2v) is 5.87. The Morgan fingerprint density at radius 2 is 2.18 bits per heavy atom. The molecule has 7 heteroatoms. The predicted molar refractivity (Wildman–Crippen MR) is 66.5 cm³/mol. The van der Waals surface area contributed by atoms with E-state index in [0.717, 1.165) is 11.3 Å². The number of nitrogens with one attached hydrogen (secondary N) is 1. The Bertz CT molecular complexity index is 592. The van der Waals surface area contributed by atoms with Gasteiger partial charge in [-0.3, -0.25) is 4.98 Å². The smallest absolute Gasteiger partial charge is 0.255 e. The lowest BCUT2D eigenvalue weighted by atomic mass is 10.4. The molecule has 0 saturated heterocycles. The summed E-state index contributed by atoms with van der Waals surface area (Å²) < 4.78 is 23.5. The van der Waals surface area contributed by atoms with Gasteiger partial charge < -0.3 is 0 Å². The molecule has 88 valence electrons. The van der Waals surface area contributed by atoms with Crippen molar-refractivity contribution in [3.8, 4) is 0 Å². The lowest BCUT2D eigenvalue weighted by molar-refractivity contribution is 0.587. The highest BCUT2D eigenvalue weighted by molar-refractivity contribution is 7.91. The summed E-state index contributed by atoms with van der Waals surface area (Å²) >= 11 is 1.14. The van der Waals surface area contributed by atoms with Crippen LogP contribution in [-0.2, 0) is 10.0 Å². The SMILES string of the molecule is O=S(=O)(N/N=C/c1ccccn1)c1cccs1. The van der Waals surface area contributed by atoms with Crippen molar-refractivity contribution in [2.75, 3.05) is 0 Å². The minimum absolute atomic E-state index is 0.232. The minimum atomic E-state index is -3.54. The predicted octanol–water partition coefficient (Wildman–Crippen LogP) is 1.46. The molecule has 0 aromatic carbocycles. The van der Waals surface area contributed by atoms with E-state index in [9.17, 15) is 8.42 Å². The Labute approximate surface area is 103 Å². The molecule has 1 N–H and O–H groups in total. The normalized spacial score (nSPS) is 11.8. The largest absolute Gasteiger partial charge is 0.286 e. The van der Waals surface area contributed by atoms with E-state index in [2.05, 4.69) is 14.9 Å². The summed E-state index contributed by atoms with van der Waals surface area (Å²) in [6, 6.07) is 8.48. The Hall–Kier alpha value is -1.73. The first-order chi connectivity index (χ1) is 8.18. The lowest BCUT2D eigenvalue weighted by Crippen LogP contribution is -2.17. The van der Waals surface area contributed by atoms with E-state index in [1.54, 1.807) is 35.8 Å². The highest BCUT2D eigenvalue weighted by Gasteiger charge is 2.12. The summed E-state index contributed by atoms with van der Waals surface area (Å²) in [5.41, 5.74) is 0.585. The number of rotatable bonds is 4. The molecular weight excluding hydrogens is 258 g/mol. The Balaban J connectivity index is 2.06. The number of aromatic nitrogens is 1. The molecule has 0 atom stereocenters. The summed E-state index contributed by atoms with van der Waals surface area (Å²) in [5.74, 6) is 0. The van der Waals surface area contributed by atoms with Crippen molar-refractivity contribution < 1.29 is 8.42 Å². The zero-order valence-corrected chi connectivity index (χ0v) is 10.3. The second kappa shape index (κ2) is 5.07. The van der Waals surface area contributed by atoms with Crippen LogP contribution in [0.2, 0.25) is 0 Å². The topological polar surface area (TPSA) is 71.4 Å². The van der Waals surface area contributed by atoms with Gasteiger partial charge in [0.05, 0.1) is 11.9 Å².